The van der Waals surface area contributed by atoms with E-state index < -0.39 is 10.0 Å². The normalized spacial score (nSPS) is 28.3. The Morgan fingerprint density at radius 1 is 1.00 bits per heavy atom. The van der Waals surface area contributed by atoms with Gasteiger partial charge in [0.25, 0.3) is 0 Å². The van der Waals surface area contributed by atoms with Crippen LogP contribution in [0.4, 0.5) is 5.69 Å². The molecule has 1 heterocycles. The second kappa shape index (κ2) is 8.07. The van der Waals surface area contributed by atoms with Crippen LogP contribution in [0.2, 0.25) is 0 Å². The van der Waals surface area contributed by atoms with Gasteiger partial charge in [-0.3, -0.25) is 4.90 Å². The standard InChI is InChI=1S/C20H32N4O2S/c21-17-2-1-3-20(14-17)27(25,26)22-18-6-8-19(9-7-18)24-12-10-23(11-13-24)15-16-4-5-16/h1-3,14,16,18-19,22H,4-13,15,21H2/t18-,19-. The molecule has 1 aromatic carbocycles. The lowest BCUT2D eigenvalue weighted by Gasteiger charge is -2.42. The van der Waals surface area contributed by atoms with Gasteiger partial charge in [0.1, 0.15) is 0 Å². The number of nitrogens with two attached hydrogens (primary N) is 1. The summed E-state index contributed by atoms with van der Waals surface area (Å²) < 4.78 is 28.1. The lowest BCUT2D eigenvalue weighted by molar-refractivity contribution is 0.0734. The number of piperazine rings is 1. The third-order valence-electron chi connectivity index (χ3n) is 6.32. The topological polar surface area (TPSA) is 78.7 Å². The first-order chi connectivity index (χ1) is 13.0. The van der Waals surface area contributed by atoms with E-state index in [9.17, 15) is 8.42 Å². The SMILES string of the molecule is Nc1cccc(S(=O)(=O)N[C@H]2CC[C@H](N3CCN(CC4CC4)CC3)CC2)c1. The van der Waals surface area contributed by atoms with Crippen LogP contribution in [0.5, 0.6) is 0 Å². The average Bonchev–Trinajstić information content (AvgIpc) is 3.47. The highest BCUT2D eigenvalue weighted by molar-refractivity contribution is 7.89. The maximum atomic E-state index is 12.6. The second-order valence-electron chi connectivity index (χ2n) is 8.48. The van der Waals surface area contributed by atoms with Gasteiger partial charge in [-0.15, -0.1) is 0 Å². The van der Waals surface area contributed by atoms with E-state index in [-0.39, 0.29) is 10.9 Å². The molecule has 3 fully saturated rings. The molecule has 0 unspecified atom stereocenters. The van der Waals surface area contributed by atoms with Gasteiger partial charge in [-0.1, -0.05) is 6.07 Å². The number of nitrogens with zero attached hydrogens (tertiary/aromatic N) is 2. The Labute approximate surface area is 163 Å². The summed E-state index contributed by atoms with van der Waals surface area (Å²) in [6, 6.07) is 7.16. The Bertz CT molecular complexity index is 734. The van der Waals surface area contributed by atoms with E-state index in [2.05, 4.69) is 14.5 Å². The minimum atomic E-state index is -3.49. The number of nitrogens with one attached hydrogen (secondary N) is 1. The Kier molecular flexibility index (Phi) is 5.73. The highest BCUT2D eigenvalue weighted by Gasteiger charge is 2.31. The van der Waals surface area contributed by atoms with Gasteiger partial charge in [0.15, 0.2) is 0 Å². The first-order valence-electron chi connectivity index (χ1n) is 10.3. The van der Waals surface area contributed by atoms with Crippen molar-refractivity contribution in [1.29, 1.82) is 0 Å². The predicted octanol–water partition coefficient (Wildman–Crippen LogP) is 1.89. The van der Waals surface area contributed by atoms with Crippen LogP contribution in [0.15, 0.2) is 29.2 Å². The van der Waals surface area contributed by atoms with Crippen molar-refractivity contribution in [3.63, 3.8) is 0 Å². The molecule has 27 heavy (non-hydrogen) atoms. The van der Waals surface area contributed by atoms with Crippen LogP contribution in [-0.2, 0) is 10.0 Å². The third kappa shape index (κ3) is 5.02. The molecule has 3 aliphatic rings. The van der Waals surface area contributed by atoms with Gasteiger partial charge in [-0.2, -0.15) is 0 Å². The van der Waals surface area contributed by atoms with Crippen LogP contribution < -0.4 is 10.5 Å². The summed E-state index contributed by atoms with van der Waals surface area (Å²) in [5.74, 6) is 0.972. The van der Waals surface area contributed by atoms with Gasteiger partial charge < -0.3 is 10.6 Å². The van der Waals surface area contributed by atoms with Crippen molar-refractivity contribution in [2.24, 2.45) is 5.92 Å². The summed E-state index contributed by atoms with van der Waals surface area (Å²) >= 11 is 0. The molecular formula is C20H32N4O2S. The number of anilines is 1. The molecule has 4 rings (SSSR count). The molecule has 0 aromatic heterocycles. The molecule has 0 amide bonds. The van der Waals surface area contributed by atoms with Gasteiger partial charge in [-0.05, 0) is 62.6 Å². The first kappa shape index (κ1) is 19.2. The summed E-state index contributed by atoms with van der Waals surface area (Å²) in [6.07, 6.45) is 6.83. The zero-order valence-electron chi connectivity index (χ0n) is 16.0. The lowest BCUT2D eigenvalue weighted by Crippen LogP contribution is -2.52. The number of hydrogen-bond donors (Lipinski definition) is 2. The molecule has 1 aliphatic heterocycles. The zero-order chi connectivity index (χ0) is 18.9. The van der Waals surface area contributed by atoms with Crippen LogP contribution in [-0.4, -0.2) is 63.0 Å². The Balaban J connectivity index is 1.24. The van der Waals surface area contributed by atoms with Crippen molar-refractivity contribution in [2.75, 3.05) is 38.5 Å². The molecule has 1 aromatic rings. The van der Waals surface area contributed by atoms with Crippen molar-refractivity contribution in [1.82, 2.24) is 14.5 Å². The minimum absolute atomic E-state index is 0.0313. The molecule has 0 atom stereocenters. The number of benzene rings is 1. The van der Waals surface area contributed by atoms with E-state index >= 15 is 0 Å². The van der Waals surface area contributed by atoms with Crippen molar-refractivity contribution >= 4 is 15.7 Å². The molecule has 0 bridgehead atoms. The van der Waals surface area contributed by atoms with E-state index in [0.29, 0.717) is 11.7 Å². The molecule has 2 saturated carbocycles. The van der Waals surface area contributed by atoms with Gasteiger partial charge >= 0.3 is 0 Å². The highest BCUT2D eigenvalue weighted by Crippen LogP contribution is 2.30. The molecule has 1 saturated heterocycles. The minimum Gasteiger partial charge on any atom is -0.399 e. The maximum Gasteiger partial charge on any atom is 0.240 e. The van der Waals surface area contributed by atoms with E-state index in [1.165, 1.54) is 38.5 Å². The van der Waals surface area contributed by atoms with Crippen LogP contribution in [0.1, 0.15) is 38.5 Å². The van der Waals surface area contributed by atoms with Crippen molar-refractivity contribution in [3.05, 3.63) is 24.3 Å². The third-order valence-corrected chi connectivity index (χ3v) is 7.84. The Morgan fingerprint density at radius 2 is 1.70 bits per heavy atom. The summed E-state index contributed by atoms with van der Waals surface area (Å²) in [7, 11) is -3.49. The second-order valence-corrected chi connectivity index (χ2v) is 10.2. The van der Waals surface area contributed by atoms with Crippen LogP contribution >= 0.6 is 0 Å². The van der Waals surface area contributed by atoms with Gasteiger partial charge in [0.2, 0.25) is 10.0 Å². The van der Waals surface area contributed by atoms with Crippen LogP contribution in [0.25, 0.3) is 0 Å². The van der Waals surface area contributed by atoms with Crippen LogP contribution in [0, 0.1) is 5.92 Å². The van der Waals surface area contributed by atoms with Gasteiger partial charge in [0.05, 0.1) is 4.90 Å². The van der Waals surface area contributed by atoms with Crippen molar-refractivity contribution in [3.8, 4) is 0 Å². The van der Waals surface area contributed by atoms with Crippen molar-refractivity contribution < 1.29 is 8.42 Å². The first-order valence-corrected chi connectivity index (χ1v) is 11.8. The number of nitrogen functional groups attached to an aromatic ring is 1. The van der Waals surface area contributed by atoms with Gasteiger partial charge in [-0.25, -0.2) is 13.1 Å². The van der Waals surface area contributed by atoms with Crippen molar-refractivity contribution in [2.45, 2.75) is 55.5 Å². The molecule has 0 spiro atoms. The van der Waals surface area contributed by atoms with E-state index in [1.807, 2.05) is 0 Å². The predicted molar refractivity (Wildman–Crippen MR) is 108 cm³/mol. The van der Waals surface area contributed by atoms with Gasteiger partial charge in [0, 0.05) is 50.5 Å². The number of rotatable bonds is 6. The van der Waals surface area contributed by atoms with Crippen LogP contribution in [0.3, 0.4) is 0 Å². The fourth-order valence-corrected chi connectivity index (χ4v) is 5.86. The fraction of sp³-hybridized carbons (Fsp3) is 0.700. The molecule has 2 aliphatic carbocycles. The number of sulfonamides is 1. The molecule has 150 valence electrons. The summed E-state index contributed by atoms with van der Waals surface area (Å²) in [6.45, 7) is 6.01. The fourth-order valence-electron chi connectivity index (χ4n) is 4.50. The molecule has 6 nitrogen and oxygen atoms in total. The molecule has 7 heteroatoms. The lowest BCUT2D eigenvalue weighted by atomic mass is 9.90. The summed E-state index contributed by atoms with van der Waals surface area (Å²) in [5, 5.41) is 0. The summed E-state index contributed by atoms with van der Waals surface area (Å²) in [5.41, 5.74) is 6.20. The highest BCUT2D eigenvalue weighted by atomic mass is 32.2. The maximum absolute atomic E-state index is 12.6. The zero-order valence-corrected chi connectivity index (χ0v) is 16.8. The van der Waals surface area contributed by atoms with E-state index in [0.717, 1.165) is 44.7 Å². The largest absolute Gasteiger partial charge is 0.399 e. The molecular weight excluding hydrogens is 360 g/mol. The quantitative estimate of drug-likeness (QED) is 0.723. The Morgan fingerprint density at radius 3 is 2.33 bits per heavy atom. The average molecular weight is 393 g/mol. The monoisotopic (exact) mass is 392 g/mol. The number of hydrogen-bond acceptors (Lipinski definition) is 5. The Hall–Kier alpha value is -1.15. The smallest absolute Gasteiger partial charge is 0.240 e. The molecule has 0 radical (unpaired) electrons. The van der Waals surface area contributed by atoms with E-state index in [1.54, 1.807) is 18.2 Å². The van der Waals surface area contributed by atoms with E-state index in [4.69, 9.17) is 5.73 Å². The molecule has 3 N–H and O–H groups in total. The summed E-state index contributed by atoms with van der Waals surface area (Å²) in [4.78, 5) is 5.52.